The second kappa shape index (κ2) is 11.1. The van der Waals surface area contributed by atoms with Crippen LogP contribution in [0.1, 0.15) is 83.6 Å². The fourth-order valence-corrected chi connectivity index (χ4v) is 5.46. The molecular formula is C25H40N4O3. The SMILES string of the molecule is CC(C)(O)C(=O)NC(C(=O)NCc1ccc(N)nc1)C(C1CCCCC1)C1CCCCC1. The average Bonchev–Trinajstić information content (AvgIpc) is 2.79. The largest absolute Gasteiger partial charge is 0.384 e. The van der Waals surface area contributed by atoms with E-state index in [1.54, 1.807) is 12.3 Å². The third kappa shape index (κ3) is 6.67. The number of carbonyl (C=O) groups excluding carboxylic acids is 2. The van der Waals surface area contributed by atoms with Gasteiger partial charge in [0, 0.05) is 12.7 Å². The number of aromatic nitrogens is 1. The van der Waals surface area contributed by atoms with Gasteiger partial charge in [0.15, 0.2) is 0 Å². The number of nitrogens with two attached hydrogens (primary N) is 1. The fraction of sp³-hybridized carbons (Fsp3) is 0.720. The first-order valence-corrected chi connectivity index (χ1v) is 12.3. The first-order valence-electron chi connectivity index (χ1n) is 12.3. The molecule has 2 fully saturated rings. The van der Waals surface area contributed by atoms with E-state index in [1.807, 2.05) is 6.07 Å². The molecular weight excluding hydrogens is 404 g/mol. The molecule has 1 unspecified atom stereocenters. The Morgan fingerprint density at radius 2 is 1.62 bits per heavy atom. The summed E-state index contributed by atoms with van der Waals surface area (Å²) in [6, 6.07) is 2.90. The number of carbonyl (C=O) groups is 2. The zero-order valence-corrected chi connectivity index (χ0v) is 19.6. The van der Waals surface area contributed by atoms with E-state index in [-0.39, 0.29) is 11.8 Å². The Bertz CT molecular complexity index is 729. The van der Waals surface area contributed by atoms with Crippen LogP contribution in [0, 0.1) is 17.8 Å². The minimum absolute atomic E-state index is 0.0893. The van der Waals surface area contributed by atoms with Gasteiger partial charge in [0.25, 0.3) is 5.91 Å². The van der Waals surface area contributed by atoms with Gasteiger partial charge in [0.2, 0.25) is 5.91 Å². The first kappa shape index (κ1) is 24.5. The summed E-state index contributed by atoms with van der Waals surface area (Å²) in [7, 11) is 0. The smallest absolute Gasteiger partial charge is 0.252 e. The summed E-state index contributed by atoms with van der Waals surface area (Å²) in [5, 5.41) is 16.3. The van der Waals surface area contributed by atoms with E-state index in [0.717, 1.165) is 31.2 Å². The van der Waals surface area contributed by atoms with Crippen molar-refractivity contribution in [2.45, 2.75) is 96.2 Å². The summed E-state index contributed by atoms with van der Waals surface area (Å²) in [5.74, 6) is 0.686. The molecule has 0 radical (unpaired) electrons. The molecule has 2 aliphatic rings. The number of anilines is 1. The summed E-state index contributed by atoms with van der Waals surface area (Å²) >= 11 is 0. The van der Waals surface area contributed by atoms with Gasteiger partial charge in [-0.05, 0) is 43.2 Å². The van der Waals surface area contributed by atoms with Crippen LogP contribution < -0.4 is 16.4 Å². The third-order valence-electron chi connectivity index (χ3n) is 7.21. The molecule has 0 bridgehead atoms. The monoisotopic (exact) mass is 444 g/mol. The van der Waals surface area contributed by atoms with E-state index in [1.165, 1.54) is 52.4 Å². The second-order valence-corrected chi connectivity index (χ2v) is 10.2. The molecule has 0 saturated heterocycles. The van der Waals surface area contributed by atoms with Crippen molar-refractivity contribution in [2.24, 2.45) is 17.8 Å². The number of pyridine rings is 1. The van der Waals surface area contributed by atoms with Crippen LogP contribution in [0.3, 0.4) is 0 Å². The molecule has 0 spiro atoms. The molecule has 1 atom stereocenters. The van der Waals surface area contributed by atoms with Crippen molar-refractivity contribution in [3.63, 3.8) is 0 Å². The van der Waals surface area contributed by atoms with Crippen LogP contribution in [-0.2, 0) is 16.1 Å². The Morgan fingerprint density at radius 1 is 1.06 bits per heavy atom. The minimum atomic E-state index is -1.54. The van der Waals surface area contributed by atoms with Crippen molar-refractivity contribution in [3.05, 3.63) is 23.9 Å². The zero-order valence-electron chi connectivity index (χ0n) is 19.6. The molecule has 2 saturated carbocycles. The van der Waals surface area contributed by atoms with E-state index < -0.39 is 17.6 Å². The van der Waals surface area contributed by atoms with Gasteiger partial charge in [-0.3, -0.25) is 9.59 Å². The quantitative estimate of drug-likeness (QED) is 0.491. The van der Waals surface area contributed by atoms with Crippen molar-refractivity contribution in [3.8, 4) is 0 Å². The van der Waals surface area contributed by atoms with Gasteiger partial charge in [0.05, 0.1) is 0 Å². The van der Waals surface area contributed by atoms with Gasteiger partial charge in [0.1, 0.15) is 17.5 Å². The number of nitrogens with one attached hydrogen (secondary N) is 2. The Kier molecular flexibility index (Phi) is 8.51. The van der Waals surface area contributed by atoms with Crippen molar-refractivity contribution >= 4 is 17.6 Å². The van der Waals surface area contributed by atoms with Crippen LogP contribution in [-0.4, -0.2) is 33.5 Å². The molecule has 5 N–H and O–H groups in total. The predicted octanol–water partition coefficient (Wildman–Crippen LogP) is 3.31. The molecule has 1 aromatic heterocycles. The minimum Gasteiger partial charge on any atom is -0.384 e. The molecule has 178 valence electrons. The lowest BCUT2D eigenvalue weighted by atomic mass is 9.66. The average molecular weight is 445 g/mol. The topological polar surface area (TPSA) is 117 Å². The van der Waals surface area contributed by atoms with E-state index in [9.17, 15) is 14.7 Å². The van der Waals surface area contributed by atoms with Crippen molar-refractivity contribution < 1.29 is 14.7 Å². The van der Waals surface area contributed by atoms with Gasteiger partial charge < -0.3 is 21.5 Å². The molecule has 0 aliphatic heterocycles. The van der Waals surface area contributed by atoms with Gasteiger partial charge in [-0.25, -0.2) is 4.98 Å². The molecule has 7 nitrogen and oxygen atoms in total. The maximum absolute atomic E-state index is 13.5. The lowest BCUT2D eigenvalue weighted by Crippen LogP contribution is -2.58. The molecule has 2 aliphatic carbocycles. The van der Waals surface area contributed by atoms with E-state index in [4.69, 9.17) is 5.73 Å². The highest BCUT2D eigenvalue weighted by Gasteiger charge is 2.42. The molecule has 2 amide bonds. The van der Waals surface area contributed by atoms with Crippen LogP contribution in [0.25, 0.3) is 0 Å². The van der Waals surface area contributed by atoms with Crippen molar-refractivity contribution in [1.82, 2.24) is 15.6 Å². The fourth-order valence-electron chi connectivity index (χ4n) is 5.46. The third-order valence-corrected chi connectivity index (χ3v) is 7.21. The number of amides is 2. The highest BCUT2D eigenvalue weighted by molar-refractivity contribution is 5.91. The number of hydrogen-bond acceptors (Lipinski definition) is 5. The standard InChI is InChI=1S/C25H40N4O3/c1-25(2,32)24(31)29-22(23(30)28-16-17-13-14-20(26)27-15-17)21(18-9-5-3-6-10-18)19-11-7-4-8-12-19/h13-15,18-19,21-22,32H,3-12,16H2,1-2H3,(H2,26,27)(H,28,30)(H,29,31). The van der Waals surface area contributed by atoms with Crippen LogP contribution in [0.15, 0.2) is 18.3 Å². The Hall–Kier alpha value is -2.15. The van der Waals surface area contributed by atoms with Gasteiger partial charge in [-0.2, -0.15) is 0 Å². The van der Waals surface area contributed by atoms with E-state index in [0.29, 0.717) is 24.2 Å². The summed E-state index contributed by atoms with van der Waals surface area (Å²) in [4.78, 5) is 30.4. The highest BCUT2D eigenvalue weighted by atomic mass is 16.3. The zero-order chi connectivity index (χ0) is 23.1. The molecule has 3 rings (SSSR count). The van der Waals surface area contributed by atoms with E-state index in [2.05, 4.69) is 15.6 Å². The summed E-state index contributed by atoms with van der Waals surface area (Å²) < 4.78 is 0. The molecule has 1 aromatic rings. The Morgan fingerprint density at radius 3 is 2.09 bits per heavy atom. The summed E-state index contributed by atoms with van der Waals surface area (Å²) in [6.07, 6.45) is 13.3. The second-order valence-electron chi connectivity index (χ2n) is 10.2. The molecule has 0 aromatic carbocycles. The lowest BCUT2D eigenvalue weighted by Gasteiger charge is -2.42. The summed E-state index contributed by atoms with van der Waals surface area (Å²) in [6.45, 7) is 3.25. The van der Waals surface area contributed by atoms with Crippen molar-refractivity contribution in [2.75, 3.05) is 5.73 Å². The van der Waals surface area contributed by atoms with Gasteiger partial charge in [-0.15, -0.1) is 0 Å². The number of nitrogen functional groups attached to an aromatic ring is 1. The highest BCUT2D eigenvalue weighted by Crippen LogP contribution is 2.42. The molecule has 32 heavy (non-hydrogen) atoms. The lowest BCUT2D eigenvalue weighted by molar-refractivity contribution is -0.141. The maximum Gasteiger partial charge on any atom is 0.252 e. The summed E-state index contributed by atoms with van der Waals surface area (Å²) in [5.41, 5.74) is 4.98. The number of nitrogens with zero attached hydrogens (tertiary/aromatic N) is 1. The Balaban J connectivity index is 1.83. The van der Waals surface area contributed by atoms with Gasteiger partial charge >= 0.3 is 0 Å². The van der Waals surface area contributed by atoms with Crippen LogP contribution in [0.4, 0.5) is 5.82 Å². The number of aliphatic hydroxyl groups is 1. The molecule has 1 heterocycles. The van der Waals surface area contributed by atoms with Crippen LogP contribution in [0.5, 0.6) is 0 Å². The molecule has 7 heteroatoms. The van der Waals surface area contributed by atoms with E-state index >= 15 is 0 Å². The number of hydrogen-bond donors (Lipinski definition) is 4. The Labute approximate surface area is 191 Å². The maximum atomic E-state index is 13.5. The normalized spacial score (nSPS) is 19.5. The number of rotatable bonds is 8. The van der Waals surface area contributed by atoms with Gasteiger partial charge in [-0.1, -0.05) is 70.3 Å². The van der Waals surface area contributed by atoms with Crippen LogP contribution >= 0.6 is 0 Å². The van der Waals surface area contributed by atoms with Crippen LogP contribution in [0.2, 0.25) is 0 Å². The van der Waals surface area contributed by atoms with Crippen molar-refractivity contribution in [1.29, 1.82) is 0 Å². The predicted molar refractivity (Wildman–Crippen MR) is 125 cm³/mol. The first-order chi connectivity index (χ1) is 15.3.